The molecule has 3 fully saturated rings. The van der Waals surface area contributed by atoms with Crippen LogP contribution in [-0.4, -0.2) is 50.1 Å². The molecule has 21 heavy (non-hydrogen) atoms. The van der Waals surface area contributed by atoms with E-state index in [4.69, 9.17) is 9.15 Å². The van der Waals surface area contributed by atoms with Gasteiger partial charge in [-0.3, -0.25) is 5.21 Å². The number of hydroxylamine groups is 2. The van der Waals surface area contributed by atoms with Crippen LogP contribution in [0.15, 0.2) is 4.42 Å². The minimum atomic E-state index is -0.382. The summed E-state index contributed by atoms with van der Waals surface area (Å²) in [5.41, 5.74) is 0. The molecule has 114 valence electrons. The van der Waals surface area contributed by atoms with E-state index in [0.29, 0.717) is 31.0 Å². The first-order valence-corrected chi connectivity index (χ1v) is 7.45. The fraction of sp³-hybridized carbons (Fsp3) is 0.769. The summed E-state index contributed by atoms with van der Waals surface area (Å²) in [4.78, 5) is 13.5. The molecule has 1 N–H and O–H groups in total. The molecule has 8 nitrogen and oxygen atoms in total. The van der Waals surface area contributed by atoms with Gasteiger partial charge in [-0.1, -0.05) is 0 Å². The van der Waals surface area contributed by atoms with Gasteiger partial charge in [-0.25, -0.2) is 9.86 Å². The zero-order valence-electron chi connectivity index (χ0n) is 11.6. The van der Waals surface area contributed by atoms with Crippen LogP contribution in [-0.2, 0) is 11.3 Å². The van der Waals surface area contributed by atoms with Gasteiger partial charge < -0.3 is 14.1 Å². The average molecular weight is 294 g/mol. The van der Waals surface area contributed by atoms with Crippen LogP contribution in [0.1, 0.15) is 49.9 Å². The fourth-order valence-corrected chi connectivity index (χ4v) is 3.09. The number of amides is 2. The highest BCUT2D eigenvalue weighted by atomic mass is 16.5. The number of hydrogen-bond donors (Lipinski definition) is 1. The van der Waals surface area contributed by atoms with Crippen molar-refractivity contribution in [2.75, 3.05) is 6.54 Å². The van der Waals surface area contributed by atoms with Crippen LogP contribution in [0.3, 0.4) is 0 Å². The average Bonchev–Trinajstić information content (AvgIpc) is 2.99. The van der Waals surface area contributed by atoms with Crippen molar-refractivity contribution in [3.8, 4) is 0 Å². The van der Waals surface area contributed by atoms with E-state index in [0.717, 1.165) is 30.7 Å². The normalized spacial score (nSPS) is 29.1. The third kappa shape index (κ3) is 2.18. The standard InChI is InChI=1S/C13H18N4O4/c18-13-16-6-8(17(13)19)4-5-10(16)12-15-14-11(21-12)7-20-9-2-1-3-9/h8-10,19H,1-7H2/t8-,10+/m1/s1. The molecular formula is C13H18N4O4. The Balaban J connectivity index is 1.44. The van der Waals surface area contributed by atoms with Crippen LogP contribution >= 0.6 is 0 Å². The fourth-order valence-electron chi connectivity index (χ4n) is 3.09. The highest BCUT2D eigenvalue weighted by Crippen LogP contribution is 2.37. The molecule has 2 amide bonds. The Morgan fingerprint density at radius 1 is 1.29 bits per heavy atom. The summed E-state index contributed by atoms with van der Waals surface area (Å²) in [7, 11) is 0. The van der Waals surface area contributed by atoms with E-state index in [2.05, 4.69) is 10.2 Å². The predicted molar refractivity (Wildman–Crippen MR) is 68.2 cm³/mol. The number of fused-ring (bicyclic) bond motifs is 2. The third-order valence-electron chi connectivity index (χ3n) is 4.61. The van der Waals surface area contributed by atoms with E-state index in [1.165, 1.54) is 6.42 Å². The quantitative estimate of drug-likeness (QED) is 0.845. The lowest BCUT2D eigenvalue weighted by Gasteiger charge is -2.27. The second kappa shape index (κ2) is 4.96. The molecule has 2 bridgehead atoms. The first kappa shape index (κ1) is 13.0. The summed E-state index contributed by atoms with van der Waals surface area (Å²) in [6.07, 6.45) is 5.19. The molecule has 3 aliphatic rings. The topological polar surface area (TPSA) is 91.9 Å². The summed E-state index contributed by atoms with van der Waals surface area (Å²) < 4.78 is 11.3. The largest absolute Gasteiger partial charge is 0.420 e. The van der Waals surface area contributed by atoms with Gasteiger partial charge in [0.2, 0.25) is 11.8 Å². The Kier molecular flexibility index (Phi) is 3.07. The molecule has 0 aromatic carbocycles. The van der Waals surface area contributed by atoms with Crippen molar-refractivity contribution >= 4 is 6.03 Å². The molecule has 1 aromatic rings. The highest BCUT2D eigenvalue weighted by molar-refractivity contribution is 5.76. The minimum absolute atomic E-state index is 0.113. The van der Waals surface area contributed by atoms with Crippen LogP contribution < -0.4 is 0 Å². The molecule has 3 heterocycles. The highest BCUT2D eigenvalue weighted by Gasteiger charge is 2.46. The molecule has 0 unspecified atom stereocenters. The number of rotatable bonds is 4. The van der Waals surface area contributed by atoms with E-state index in [-0.39, 0.29) is 18.1 Å². The van der Waals surface area contributed by atoms with Gasteiger partial charge in [0.05, 0.1) is 12.1 Å². The van der Waals surface area contributed by atoms with Crippen LogP contribution in [0, 0.1) is 0 Å². The summed E-state index contributed by atoms with van der Waals surface area (Å²) >= 11 is 0. The number of urea groups is 1. The van der Waals surface area contributed by atoms with Crippen molar-refractivity contribution in [3.05, 3.63) is 11.8 Å². The maximum atomic E-state index is 11.9. The second-order valence-electron chi connectivity index (χ2n) is 5.92. The Morgan fingerprint density at radius 2 is 2.14 bits per heavy atom. The SMILES string of the molecule is O=C1N(O)[C@@H]2CC[C@@H](c3nnc(COC4CCC4)o3)N1C2. The van der Waals surface area contributed by atoms with Crippen LogP contribution in [0.2, 0.25) is 0 Å². The van der Waals surface area contributed by atoms with Crippen molar-refractivity contribution in [2.45, 2.75) is 56.9 Å². The van der Waals surface area contributed by atoms with Gasteiger partial charge in [0.15, 0.2) is 0 Å². The summed E-state index contributed by atoms with van der Waals surface area (Å²) in [6, 6.07) is -0.734. The molecule has 8 heteroatoms. The summed E-state index contributed by atoms with van der Waals surface area (Å²) in [6.45, 7) is 0.837. The molecule has 1 saturated carbocycles. The van der Waals surface area contributed by atoms with Crippen LogP contribution in [0.5, 0.6) is 0 Å². The molecule has 0 radical (unpaired) electrons. The summed E-state index contributed by atoms with van der Waals surface area (Å²) in [5, 5.41) is 18.5. The smallest absolute Gasteiger partial charge is 0.344 e. The monoisotopic (exact) mass is 294 g/mol. The van der Waals surface area contributed by atoms with Crippen molar-refractivity contribution in [2.24, 2.45) is 0 Å². The Hall–Kier alpha value is -1.67. The van der Waals surface area contributed by atoms with Gasteiger partial charge >= 0.3 is 6.03 Å². The van der Waals surface area contributed by atoms with Crippen molar-refractivity contribution < 1.29 is 19.2 Å². The number of carbonyl (C=O) groups is 1. The molecule has 4 rings (SSSR count). The van der Waals surface area contributed by atoms with Crippen LogP contribution in [0.4, 0.5) is 4.79 Å². The van der Waals surface area contributed by atoms with Gasteiger partial charge in [0.25, 0.3) is 0 Å². The summed E-state index contributed by atoms with van der Waals surface area (Å²) in [5.74, 6) is 0.885. The van der Waals surface area contributed by atoms with Crippen molar-refractivity contribution in [3.63, 3.8) is 0 Å². The third-order valence-corrected chi connectivity index (χ3v) is 4.61. The zero-order valence-corrected chi connectivity index (χ0v) is 11.6. The van der Waals surface area contributed by atoms with Crippen molar-refractivity contribution in [1.82, 2.24) is 20.2 Å². The zero-order chi connectivity index (χ0) is 14.4. The maximum Gasteiger partial charge on any atom is 0.344 e. The Bertz CT molecular complexity index is 544. The Labute approximate surface area is 121 Å². The lowest BCUT2D eigenvalue weighted by atomic mass is 9.96. The minimum Gasteiger partial charge on any atom is -0.420 e. The van der Waals surface area contributed by atoms with E-state index in [1.807, 2.05) is 0 Å². The van der Waals surface area contributed by atoms with Gasteiger partial charge in [0, 0.05) is 6.54 Å². The molecule has 1 aromatic heterocycles. The molecule has 1 aliphatic carbocycles. The molecule has 2 aliphatic heterocycles. The lowest BCUT2D eigenvalue weighted by molar-refractivity contribution is -0.0584. The van der Waals surface area contributed by atoms with Gasteiger partial charge in [-0.15, -0.1) is 10.2 Å². The Morgan fingerprint density at radius 3 is 2.90 bits per heavy atom. The number of carbonyl (C=O) groups excluding carboxylic acids is 1. The predicted octanol–water partition coefficient (Wildman–Crippen LogP) is 1.47. The molecule has 2 atom stereocenters. The van der Waals surface area contributed by atoms with Gasteiger partial charge in [-0.2, -0.15) is 0 Å². The van der Waals surface area contributed by atoms with Gasteiger partial charge in [0.1, 0.15) is 12.6 Å². The van der Waals surface area contributed by atoms with E-state index < -0.39 is 0 Å². The second-order valence-corrected chi connectivity index (χ2v) is 5.92. The van der Waals surface area contributed by atoms with Crippen molar-refractivity contribution in [1.29, 1.82) is 0 Å². The lowest BCUT2D eigenvalue weighted by Crippen LogP contribution is -2.34. The van der Waals surface area contributed by atoms with Crippen LogP contribution in [0.25, 0.3) is 0 Å². The molecule has 0 spiro atoms. The maximum absolute atomic E-state index is 11.9. The molecule has 2 saturated heterocycles. The number of hydrogen-bond acceptors (Lipinski definition) is 6. The van der Waals surface area contributed by atoms with E-state index in [9.17, 15) is 10.0 Å². The number of aromatic nitrogens is 2. The first-order valence-electron chi connectivity index (χ1n) is 7.45. The number of ether oxygens (including phenoxy) is 1. The molecular weight excluding hydrogens is 276 g/mol. The number of piperidine rings is 1. The van der Waals surface area contributed by atoms with E-state index >= 15 is 0 Å². The van der Waals surface area contributed by atoms with Gasteiger partial charge in [-0.05, 0) is 32.1 Å². The van der Waals surface area contributed by atoms with E-state index in [1.54, 1.807) is 4.90 Å². The number of nitrogens with zero attached hydrogens (tertiary/aromatic N) is 4. The first-order chi connectivity index (χ1) is 10.2.